The number of hydrogen-bond donors (Lipinski definition) is 1. The Morgan fingerprint density at radius 3 is 2.95 bits per heavy atom. The van der Waals surface area contributed by atoms with Crippen LogP contribution in [-0.4, -0.2) is 78.2 Å². The molecule has 2 unspecified atom stereocenters. The molecule has 0 aliphatic carbocycles. The van der Waals surface area contributed by atoms with Gasteiger partial charge in [-0.1, -0.05) is 11.6 Å². The van der Waals surface area contributed by atoms with Crippen molar-refractivity contribution < 1.29 is 9.84 Å². The maximum atomic E-state index is 10.7. The Morgan fingerprint density at radius 1 is 1.50 bits per heavy atom. The second-order valence-corrected chi connectivity index (χ2v) is 5.76. The fourth-order valence-electron chi connectivity index (χ4n) is 2.59. The molecule has 1 aromatic rings. The highest BCUT2D eigenvalue weighted by atomic mass is 35.5. The van der Waals surface area contributed by atoms with E-state index in [0.717, 1.165) is 19.6 Å². The second-order valence-electron chi connectivity index (χ2n) is 5.35. The van der Waals surface area contributed by atoms with E-state index in [0.29, 0.717) is 23.9 Å². The van der Waals surface area contributed by atoms with E-state index < -0.39 is 6.10 Å². The third kappa shape index (κ3) is 3.32. The topological polar surface area (TPSA) is 53.8 Å². The number of ether oxygens (including phenoxy) is 1. The minimum atomic E-state index is -0.658. The van der Waals surface area contributed by atoms with E-state index in [4.69, 9.17) is 16.3 Å². The average Bonchev–Trinajstić information content (AvgIpc) is 2.79. The highest BCUT2D eigenvalue weighted by Gasteiger charge is 2.32. The number of hydrogen-bond acceptors (Lipinski definition) is 5. The summed E-state index contributed by atoms with van der Waals surface area (Å²) < 4.78 is 6.80. The molecule has 0 saturated carbocycles. The van der Waals surface area contributed by atoms with Gasteiger partial charge in [-0.15, -0.1) is 0 Å². The summed E-state index contributed by atoms with van der Waals surface area (Å²) >= 11 is 6.21. The first-order valence-corrected chi connectivity index (χ1v) is 7.19. The Kier molecular flexibility index (Phi) is 5.40. The molecule has 1 N–H and O–H groups in total. The number of aliphatic hydroxyl groups excluding tert-OH is 1. The molecule has 0 amide bonds. The van der Waals surface area contributed by atoms with E-state index in [1.165, 1.54) is 0 Å². The van der Waals surface area contributed by atoms with Crippen LogP contribution in [0.25, 0.3) is 0 Å². The highest BCUT2D eigenvalue weighted by Crippen LogP contribution is 2.28. The molecule has 0 aromatic carbocycles. The normalized spacial score (nSPS) is 23.1. The summed E-state index contributed by atoms with van der Waals surface area (Å²) in [7, 11) is 5.74. The van der Waals surface area contributed by atoms with E-state index in [9.17, 15) is 5.11 Å². The van der Waals surface area contributed by atoms with Crippen LogP contribution in [0.3, 0.4) is 0 Å². The number of aromatic nitrogens is 2. The van der Waals surface area contributed by atoms with E-state index in [-0.39, 0.29) is 6.04 Å². The second kappa shape index (κ2) is 6.87. The monoisotopic (exact) mass is 302 g/mol. The molecule has 1 saturated heterocycles. The maximum absolute atomic E-state index is 10.7. The molecule has 1 aromatic heterocycles. The van der Waals surface area contributed by atoms with Crippen LogP contribution in [0.15, 0.2) is 6.20 Å². The molecule has 20 heavy (non-hydrogen) atoms. The van der Waals surface area contributed by atoms with Gasteiger partial charge in [-0.2, -0.15) is 5.10 Å². The Hall–Kier alpha value is -0.660. The SMILES string of the molecule is COCCn1ncc(Cl)c1C(O)C1CN(C)CCN1C. The van der Waals surface area contributed by atoms with Gasteiger partial charge in [0.1, 0.15) is 6.10 Å². The van der Waals surface area contributed by atoms with Gasteiger partial charge >= 0.3 is 0 Å². The zero-order valence-corrected chi connectivity index (χ0v) is 13.0. The van der Waals surface area contributed by atoms with Crippen molar-refractivity contribution in [3.05, 3.63) is 16.9 Å². The summed E-state index contributed by atoms with van der Waals surface area (Å²) in [4.78, 5) is 4.40. The third-order valence-electron chi connectivity index (χ3n) is 3.88. The number of rotatable bonds is 5. The molecule has 7 heteroatoms. The Morgan fingerprint density at radius 2 is 2.25 bits per heavy atom. The van der Waals surface area contributed by atoms with Crippen molar-refractivity contribution in [3.63, 3.8) is 0 Å². The number of piperazine rings is 1. The van der Waals surface area contributed by atoms with Gasteiger partial charge in [0.25, 0.3) is 0 Å². The van der Waals surface area contributed by atoms with Crippen LogP contribution in [0.1, 0.15) is 11.8 Å². The van der Waals surface area contributed by atoms with Gasteiger partial charge in [0.15, 0.2) is 0 Å². The number of aliphatic hydroxyl groups is 1. The van der Waals surface area contributed by atoms with Gasteiger partial charge in [0.2, 0.25) is 0 Å². The van der Waals surface area contributed by atoms with Crippen molar-refractivity contribution >= 4 is 11.6 Å². The van der Waals surface area contributed by atoms with Gasteiger partial charge in [0.05, 0.1) is 36.1 Å². The Balaban J connectivity index is 2.18. The van der Waals surface area contributed by atoms with Crippen molar-refractivity contribution in [1.82, 2.24) is 19.6 Å². The van der Waals surface area contributed by atoms with Gasteiger partial charge < -0.3 is 14.7 Å². The number of halogens is 1. The fourth-order valence-corrected chi connectivity index (χ4v) is 2.84. The van der Waals surface area contributed by atoms with Gasteiger partial charge in [-0.05, 0) is 14.1 Å². The van der Waals surface area contributed by atoms with Crippen LogP contribution in [0.2, 0.25) is 5.02 Å². The lowest BCUT2D eigenvalue weighted by Crippen LogP contribution is -2.52. The summed E-state index contributed by atoms with van der Waals surface area (Å²) in [5.41, 5.74) is 0.677. The van der Waals surface area contributed by atoms with Crippen LogP contribution >= 0.6 is 11.6 Å². The first kappa shape index (κ1) is 15.7. The predicted octanol–water partition coefficient (Wildman–Crippen LogP) is 0.462. The van der Waals surface area contributed by atoms with Crippen LogP contribution in [0.4, 0.5) is 0 Å². The quantitative estimate of drug-likeness (QED) is 0.856. The van der Waals surface area contributed by atoms with Gasteiger partial charge in [-0.3, -0.25) is 9.58 Å². The zero-order valence-electron chi connectivity index (χ0n) is 12.3. The molecular formula is C13H23ClN4O2. The maximum Gasteiger partial charge on any atom is 0.114 e. The molecular weight excluding hydrogens is 280 g/mol. The molecule has 1 fully saturated rings. The average molecular weight is 303 g/mol. The number of methoxy groups -OCH3 is 1. The summed E-state index contributed by atoms with van der Waals surface area (Å²) in [6.07, 6.45) is 0.928. The minimum absolute atomic E-state index is 0.0178. The minimum Gasteiger partial charge on any atom is -0.385 e. The molecule has 1 aliphatic rings. The molecule has 0 spiro atoms. The molecule has 114 valence electrons. The molecule has 2 heterocycles. The van der Waals surface area contributed by atoms with Crippen molar-refractivity contribution in [2.24, 2.45) is 0 Å². The Labute approximate surface area is 124 Å². The lowest BCUT2D eigenvalue weighted by atomic mass is 10.0. The standard InChI is InChI=1S/C13H23ClN4O2/c1-16-4-5-17(2)11(9-16)13(19)12-10(14)8-15-18(12)6-7-20-3/h8,11,13,19H,4-7,9H2,1-3H3. The summed E-state index contributed by atoms with van der Waals surface area (Å²) in [5.74, 6) is 0. The number of likely N-dealkylation sites (N-methyl/N-ethyl adjacent to an activating group) is 2. The molecule has 0 bridgehead atoms. The van der Waals surface area contributed by atoms with Gasteiger partial charge in [0, 0.05) is 26.7 Å². The van der Waals surface area contributed by atoms with Crippen LogP contribution in [0, 0.1) is 0 Å². The van der Waals surface area contributed by atoms with Crippen LogP contribution < -0.4 is 0 Å². The summed E-state index contributed by atoms with van der Waals surface area (Å²) in [5, 5.41) is 15.5. The fraction of sp³-hybridized carbons (Fsp3) is 0.769. The summed E-state index contributed by atoms with van der Waals surface area (Å²) in [6.45, 7) is 3.88. The summed E-state index contributed by atoms with van der Waals surface area (Å²) in [6, 6.07) is 0.0178. The first-order chi connectivity index (χ1) is 9.54. The van der Waals surface area contributed by atoms with Crippen molar-refractivity contribution in [3.8, 4) is 0 Å². The van der Waals surface area contributed by atoms with Crippen molar-refractivity contribution in [2.45, 2.75) is 18.7 Å². The predicted molar refractivity (Wildman–Crippen MR) is 78.0 cm³/mol. The lowest BCUT2D eigenvalue weighted by molar-refractivity contribution is 0.00898. The molecule has 1 aliphatic heterocycles. The molecule has 2 atom stereocenters. The van der Waals surface area contributed by atoms with E-state index in [1.54, 1.807) is 18.0 Å². The van der Waals surface area contributed by atoms with E-state index in [2.05, 4.69) is 21.9 Å². The number of nitrogens with zero attached hydrogens (tertiary/aromatic N) is 4. The Bertz CT molecular complexity index is 440. The molecule has 0 radical (unpaired) electrons. The largest absolute Gasteiger partial charge is 0.385 e. The first-order valence-electron chi connectivity index (χ1n) is 6.81. The zero-order chi connectivity index (χ0) is 14.7. The highest BCUT2D eigenvalue weighted by molar-refractivity contribution is 6.31. The van der Waals surface area contributed by atoms with E-state index >= 15 is 0 Å². The van der Waals surface area contributed by atoms with Crippen LogP contribution in [-0.2, 0) is 11.3 Å². The van der Waals surface area contributed by atoms with Crippen molar-refractivity contribution in [2.75, 3.05) is 47.4 Å². The smallest absolute Gasteiger partial charge is 0.114 e. The van der Waals surface area contributed by atoms with Crippen molar-refractivity contribution in [1.29, 1.82) is 0 Å². The molecule has 6 nitrogen and oxygen atoms in total. The van der Waals surface area contributed by atoms with Crippen LogP contribution in [0.5, 0.6) is 0 Å². The van der Waals surface area contributed by atoms with Gasteiger partial charge in [-0.25, -0.2) is 0 Å². The lowest BCUT2D eigenvalue weighted by Gasteiger charge is -2.40. The third-order valence-corrected chi connectivity index (χ3v) is 4.18. The molecule has 2 rings (SSSR count). The van der Waals surface area contributed by atoms with E-state index in [1.807, 2.05) is 7.05 Å².